The second-order valence-corrected chi connectivity index (χ2v) is 7.62. The third kappa shape index (κ3) is 3.68. The molecule has 132 valence electrons. The molecule has 4 N–H and O–H groups in total. The lowest BCUT2D eigenvalue weighted by Gasteiger charge is -2.11. The van der Waals surface area contributed by atoms with E-state index in [-0.39, 0.29) is 23.3 Å². The van der Waals surface area contributed by atoms with Gasteiger partial charge < -0.3 is 11.5 Å². The van der Waals surface area contributed by atoms with Crippen LogP contribution in [0, 0.1) is 6.92 Å². The third-order valence-electron chi connectivity index (χ3n) is 3.28. The van der Waals surface area contributed by atoms with Crippen LogP contribution in [0.15, 0.2) is 57.7 Å². The van der Waals surface area contributed by atoms with Gasteiger partial charge in [0.05, 0.1) is 10.6 Å². The lowest BCUT2D eigenvalue weighted by Crippen LogP contribution is -2.21. The molecule has 2 heterocycles. The Morgan fingerprint density at radius 3 is 2.48 bits per heavy atom. The zero-order valence-corrected chi connectivity index (χ0v) is 15.6. The number of benzene rings is 1. The van der Waals surface area contributed by atoms with E-state index in [1.807, 2.05) is 0 Å². The molecule has 1 aromatic carbocycles. The van der Waals surface area contributed by atoms with E-state index in [0.717, 1.165) is 0 Å². The van der Waals surface area contributed by atoms with E-state index >= 15 is 0 Å². The Bertz CT molecular complexity index is 1010. The highest BCUT2D eigenvalue weighted by molar-refractivity contribution is 7.90. The molecule has 0 fully saturated rings. The molecule has 2 aromatic heterocycles. The van der Waals surface area contributed by atoms with E-state index in [1.54, 1.807) is 54.8 Å². The van der Waals surface area contributed by atoms with Gasteiger partial charge in [-0.15, -0.1) is 23.7 Å². The largest absolute Gasteiger partial charge is 0.370 e. The Kier molecular flexibility index (Phi) is 5.51. The number of aliphatic imine (C=N–C) groups is 1. The molecule has 0 saturated carbocycles. The first-order valence-electron chi connectivity index (χ1n) is 6.94. The Balaban J connectivity index is 0.00000225. The minimum atomic E-state index is -3.72. The maximum Gasteiger partial charge on any atom is 0.268 e. The molecule has 10 heteroatoms. The second-order valence-electron chi connectivity index (χ2n) is 4.99. The lowest BCUT2D eigenvalue weighted by molar-refractivity contribution is 0.587. The van der Waals surface area contributed by atoms with Gasteiger partial charge in [-0.05, 0) is 31.2 Å². The summed E-state index contributed by atoms with van der Waals surface area (Å²) < 4.78 is 27.2. The predicted octanol–water partition coefficient (Wildman–Crippen LogP) is 2.48. The van der Waals surface area contributed by atoms with Crippen molar-refractivity contribution in [3.8, 4) is 11.4 Å². The molecule has 0 spiro atoms. The van der Waals surface area contributed by atoms with Crippen LogP contribution in [-0.2, 0) is 10.0 Å². The van der Waals surface area contributed by atoms with E-state index in [0.29, 0.717) is 22.2 Å². The number of halogens is 1. The van der Waals surface area contributed by atoms with Crippen molar-refractivity contribution in [3.05, 3.63) is 53.5 Å². The maximum absolute atomic E-state index is 13.0. The summed E-state index contributed by atoms with van der Waals surface area (Å²) in [6.45, 7) is 1.73. The summed E-state index contributed by atoms with van der Waals surface area (Å²) in [5.41, 5.74) is 12.2. The normalized spacial score (nSPS) is 10.9. The first-order valence-corrected chi connectivity index (χ1v) is 9.26. The number of hydrogen-bond acceptors (Lipinski definition) is 5. The van der Waals surface area contributed by atoms with Gasteiger partial charge in [0.1, 0.15) is 5.69 Å². The third-order valence-corrected chi connectivity index (χ3v) is 5.85. The molecule has 3 aromatic rings. The molecule has 0 unspecified atom stereocenters. The molecule has 0 aliphatic rings. The fraction of sp³-hybridized carbons (Fsp3) is 0.0667. The number of aromatic nitrogens is 2. The van der Waals surface area contributed by atoms with Crippen LogP contribution in [0.1, 0.15) is 5.69 Å². The summed E-state index contributed by atoms with van der Waals surface area (Å²) in [5, 5.41) is 2.08. The highest BCUT2D eigenvalue weighted by atomic mass is 35.5. The fourth-order valence-corrected chi connectivity index (χ4v) is 4.54. The average molecular weight is 398 g/mol. The van der Waals surface area contributed by atoms with E-state index in [4.69, 9.17) is 11.5 Å². The van der Waals surface area contributed by atoms with Crippen LogP contribution >= 0.6 is 23.7 Å². The average Bonchev–Trinajstić information content (AvgIpc) is 3.14. The van der Waals surface area contributed by atoms with Crippen molar-refractivity contribution >= 4 is 44.9 Å². The van der Waals surface area contributed by atoms with Crippen molar-refractivity contribution in [2.24, 2.45) is 16.5 Å². The molecular formula is C15H16ClN5O2S2. The van der Waals surface area contributed by atoms with E-state index in [9.17, 15) is 8.42 Å². The highest BCUT2D eigenvalue weighted by Gasteiger charge is 2.23. The fourth-order valence-electron chi connectivity index (χ4n) is 2.27. The van der Waals surface area contributed by atoms with Gasteiger partial charge in [0, 0.05) is 11.1 Å². The Morgan fingerprint density at radius 1 is 1.16 bits per heavy atom. The first-order chi connectivity index (χ1) is 11.4. The molecule has 0 aliphatic heterocycles. The predicted molar refractivity (Wildman–Crippen MR) is 102 cm³/mol. The summed E-state index contributed by atoms with van der Waals surface area (Å²) in [6, 6.07) is 11.7. The molecule has 0 amide bonds. The molecule has 0 saturated heterocycles. The van der Waals surface area contributed by atoms with Crippen LogP contribution in [-0.4, -0.2) is 23.3 Å². The van der Waals surface area contributed by atoms with Crippen molar-refractivity contribution in [3.63, 3.8) is 0 Å². The topological polar surface area (TPSA) is 116 Å². The van der Waals surface area contributed by atoms with E-state index < -0.39 is 10.0 Å². The van der Waals surface area contributed by atoms with Crippen molar-refractivity contribution in [2.75, 3.05) is 0 Å². The Labute approximate surface area is 155 Å². The number of thiazole rings is 1. The van der Waals surface area contributed by atoms with Crippen LogP contribution in [0.2, 0.25) is 0 Å². The Hall–Kier alpha value is -2.36. The monoisotopic (exact) mass is 397 g/mol. The summed E-state index contributed by atoms with van der Waals surface area (Å²) >= 11 is 1.23. The summed E-state index contributed by atoms with van der Waals surface area (Å²) in [4.78, 5) is 8.38. The molecule has 0 atom stereocenters. The van der Waals surface area contributed by atoms with Gasteiger partial charge in [-0.25, -0.2) is 17.4 Å². The number of guanidine groups is 1. The Morgan fingerprint density at radius 2 is 1.84 bits per heavy atom. The highest BCUT2D eigenvalue weighted by Crippen LogP contribution is 2.30. The number of nitrogens with zero attached hydrogens (tertiary/aromatic N) is 3. The van der Waals surface area contributed by atoms with Crippen LogP contribution < -0.4 is 11.5 Å². The molecule has 0 aliphatic carbocycles. The summed E-state index contributed by atoms with van der Waals surface area (Å²) in [6.07, 6.45) is 0. The smallest absolute Gasteiger partial charge is 0.268 e. The van der Waals surface area contributed by atoms with Crippen molar-refractivity contribution in [1.29, 1.82) is 0 Å². The summed E-state index contributed by atoms with van der Waals surface area (Å²) in [5.74, 6) is -0.0978. The number of hydrogen-bond donors (Lipinski definition) is 2. The molecule has 3 rings (SSSR count). The minimum Gasteiger partial charge on any atom is -0.370 e. The van der Waals surface area contributed by atoms with Crippen LogP contribution in [0.25, 0.3) is 11.4 Å². The molecule has 0 bridgehead atoms. The SMILES string of the molecule is Cc1ccc(-c2csc(N=C(N)N)n2)n1S(=O)(=O)c1ccccc1.Cl. The van der Waals surface area contributed by atoms with E-state index in [1.165, 1.54) is 15.3 Å². The van der Waals surface area contributed by atoms with Gasteiger partial charge in [-0.3, -0.25) is 0 Å². The lowest BCUT2D eigenvalue weighted by atomic mass is 10.3. The van der Waals surface area contributed by atoms with Gasteiger partial charge in [-0.1, -0.05) is 18.2 Å². The van der Waals surface area contributed by atoms with Crippen LogP contribution in [0.5, 0.6) is 0 Å². The molecule has 25 heavy (non-hydrogen) atoms. The number of rotatable bonds is 4. The van der Waals surface area contributed by atoms with Gasteiger partial charge in [-0.2, -0.15) is 4.99 Å². The van der Waals surface area contributed by atoms with Crippen LogP contribution in [0.4, 0.5) is 5.13 Å². The van der Waals surface area contributed by atoms with E-state index in [2.05, 4.69) is 9.98 Å². The van der Waals surface area contributed by atoms with Crippen molar-refractivity contribution in [2.45, 2.75) is 11.8 Å². The summed E-state index contributed by atoms with van der Waals surface area (Å²) in [7, 11) is -3.72. The van der Waals surface area contributed by atoms with Crippen molar-refractivity contribution < 1.29 is 8.42 Å². The second kappa shape index (κ2) is 7.26. The number of aryl methyl sites for hydroxylation is 1. The molecule has 0 radical (unpaired) electrons. The van der Waals surface area contributed by atoms with Gasteiger partial charge in [0.25, 0.3) is 10.0 Å². The minimum absolute atomic E-state index is 0. The van der Waals surface area contributed by atoms with Crippen LogP contribution in [0.3, 0.4) is 0 Å². The van der Waals surface area contributed by atoms with Gasteiger partial charge in [0.15, 0.2) is 5.96 Å². The zero-order valence-electron chi connectivity index (χ0n) is 13.2. The number of nitrogens with two attached hydrogens (primary N) is 2. The molecule has 7 nitrogen and oxygen atoms in total. The molecular weight excluding hydrogens is 382 g/mol. The maximum atomic E-state index is 13.0. The van der Waals surface area contributed by atoms with Crippen molar-refractivity contribution in [1.82, 2.24) is 8.96 Å². The zero-order chi connectivity index (χ0) is 17.3. The quantitative estimate of drug-likeness (QED) is 0.518. The first kappa shape index (κ1) is 19.0. The van der Waals surface area contributed by atoms with Gasteiger partial charge >= 0.3 is 0 Å². The van der Waals surface area contributed by atoms with Gasteiger partial charge in [0.2, 0.25) is 5.13 Å². The standard InChI is InChI=1S/C15H15N5O2S2.ClH/c1-10-7-8-13(12-9-23-15(18-12)19-14(16)17)20(10)24(21,22)11-5-3-2-4-6-11;/h2-9H,1H3,(H4,16,17,18,19);1H.